The Labute approximate surface area is 121 Å². The van der Waals surface area contributed by atoms with Crippen molar-refractivity contribution in [2.45, 2.75) is 25.1 Å². The van der Waals surface area contributed by atoms with Crippen LogP contribution in [0.3, 0.4) is 0 Å². The lowest BCUT2D eigenvalue weighted by Crippen LogP contribution is -2.46. The lowest BCUT2D eigenvalue weighted by molar-refractivity contribution is -0.141. The monoisotopic (exact) mass is 296 g/mol. The molecule has 2 unspecified atom stereocenters. The number of nitrogens with zero attached hydrogens (tertiary/aromatic N) is 1. The van der Waals surface area contributed by atoms with E-state index in [1.54, 1.807) is 12.1 Å². The number of likely N-dealkylation sites (tertiary alicyclic amines) is 1. The van der Waals surface area contributed by atoms with Crippen molar-refractivity contribution in [2.24, 2.45) is 0 Å². The lowest BCUT2D eigenvalue weighted by atomic mass is 10.2. The molecule has 0 spiro atoms. The minimum absolute atomic E-state index is 0.136. The van der Waals surface area contributed by atoms with Gasteiger partial charge in [0.15, 0.2) is 0 Å². The number of carbonyl (C=O) groups is 2. The summed E-state index contributed by atoms with van der Waals surface area (Å²) in [6.07, 6.45) is -0.0230. The molecule has 6 nitrogen and oxygen atoms in total. The summed E-state index contributed by atoms with van der Waals surface area (Å²) in [5.74, 6) is -1.44. The molecule has 0 bridgehead atoms. The predicted molar refractivity (Wildman–Crippen MR) is 72.2 cm³/mol. The van der Waals surface area contributed by atoms with Gasteiger partial charge in [-0.3, -0.25) is 0 Å². The number of hydrogen-bond acceptors (Lipinski definition) is 3. The molecule has 0 saturated carbocycles. The molecule has 1 aliphatic heterocycles. The summed E-state index contributed by atoms with van der Waals surface area (Å²) in [5, 5.41) is 11.7. The number of carbonyl (C=O) groups excluding carboxylic acids is 1. The van der Waals surface area contributed by atoms with Gasteiger partial charge in [-0.1, -0.05) is 12.1 Å². The van der Waals surface area contributed by atoms with E-state index in [1.165, 1.54) is 24.1 Å². The summed E-state index contributed by atoms with van der Waals surface area (Å²) < 4.78 is 18.2. The van der Waals surface area contributed by atoms with Crippen molar-refractivity contribution < 1.29 is 23.8 Å². The number of halogens is 1. The number of methoxy groups -OCH3 is 1. The van der Waals surface area contributed by atoms with Gasteiger partial charge in [0.1, 0.15) is 11.9 Å². The Morgan fingerprint density at radius 2 is 2.29 bits per heavy atom. The number of urea groups is 1. The van der Waals surface area contributed by atoms with Gasteiger partial charge < -0.3 is 20.1 Å². The summed E-state index contributed by atoms with van der Waals surface area (Å²) in [5.41, 5.74) is 0.609. The van der Waals surface area contributed by atoms with Gasteiger partial charge in [-0.05, 0) is 17.7 Å². The number of amides is 2. The fraction of sp³-hybridized carbons (Fsp3) is 0.429. The van der Waals surface area contributed by atoms with E-state index >= 15 is 0 Å². The lowest BCUT2D eigenvalue weighted by Gasteiger charge is -2.21. The summed E-state index contributed by atoms with van der Waals surface area (Å²) in [4.78, 5) is 24.5. The zero-order valence-electron chi connectivity index (χ0n) is 11.6. The minimum atomic E-state index is -1.06. The Morgan fingerprint density at radius 3 is 2.90 bits per heavy atom. The number of carboxylic acids is 1. The first-order chi connectivity index (χ1) is 10.0. The number of nitrogens with one attached hydrogen (secondary N) is 1. The molecule has 1 fully saturated rings. The molecule has 7 heteroatoms. The van der Waals surface area contributed by atoms with Crippen LogP contribution < -0.4 is 5.32 Å². The number of benzene rings is 1. The first-order valence-corrected chi connectivity index (χ1v) is 6.55. The van der Waals surface area contributed by atoms with E-state index < -0.39 is 18.0 Å². The van der Waals surface area contributed by atoms with Crippen LogP contribution in [0.1, 0.15) is 12.0 Å². The summed E-state index contributed by atoms with van der Waals surface area (Å²) in [6, 6.07) is 4.47. The van der Waals surface area contributed by atoms with Crippen LogP contribution in [0.15, 0.2) is 24.3 Å². The normalized spacial score (nSPS) is 21.3. The van der Waals surface area contributed by atoms with Crippen molar-refractivity contribution in [2.75, 3.05) is 13.7 Å². The second kappa shape index (κ2) is 6.53. The Hall–Kier alpha value is -2.15. The van der Waals surface area contributed by atoms with E-state index in [1.807, 2.05) is 0 Å². The van der Waals surface area contributed by atoms with Gasteiger partial charge in [-0.15, -0.1) is 0 Å². The third-order valence-electron chi connectivity index (χ3n) is 3.47. The van der Waals surface area contributed by atoms with Crippen molar-refractivity contribution in [3.63, 3.8) is 0 Å². The van der Waals surface area contributed by atoms with Crippen LogP contribution in [-0.4, -0.2) is 47.8 Å². The molecule has 1 aromatic carbocycles. The van der Waals surface area contributed by atoms with Crippen LogP contribution in [0.25, 0.3) is 0 Å². The van der Waals surface area contributed by atoms with Crippen molar-refractivity contribution >= 4 is 12.0 Å². The largest absolute Gasteiger partial charge is 0.480 e. The number of aliphatic carboxylic acids is 1. The van der Waals surface area contributed by atoms with E-state index in [0.717, 1.165) is 0 Å². The van der Waals surface area contributed by atoms with E-state index in [0.29, 0.717) is 5.56 Å². The Morgan fingerprint density at radius 1 is 1.52 bits per heavy atom. The topological polar surface area (TPSA) is 78.9 Å². The van der Waals surface area contributed by atoms with Crippen LogP contribution in [-0.2, 0) is 16.1 Å². The standard InChI is InChI=1S/C14H17FN2O4/c1-21-11-6-12(13(18)19)17(8-11)14(20)16-7-9-3-2-4-10(15)5-9/h2-5,11-12H,6-8H2,1H3,(H,16,20)(H,18,19). The van der Waals surface area contributed by atoms with Crippen LogP contribution in [0.2, 0.25) is 0 Å². The van der Waals surface area contributed by atoms with Gasteiger partial charge in [-0.25, -0.2) is 14.0 Å². The molecule has 21 heavy (non-hydrogen) atoms. The first-order valence-electron chi connectivity index (χ1n) is 6.55. The highest BCUT2D eigenvalue weighted by molar-refractivity contribution is 5.83. The number of ether oxygens (including phenoxy) is 1. The summed E-state index contributed by atoms with van der Waals surface area (Å²) >= 11 is 0. The van der Waals surface area contributed by atoms with Crippen LogP contribution in [0, 0.1) is 5.82 Å². The third kappa shape index (κ3) is 3.69. The first kappa shape index (κ1) is 15.2. The van der Waals surface area contributed by atoms with Crippen LogP contribution >= 0.6 is 0 Å². The average molecular weight is 296 g/mol. The van der Waals surface area contributed by atoms with E-state index in [2.05, 4.69) is 5.32 Å². The van der Waals surface area contributed by atoms with Gasteiger partial charge in [0, 0.05) is 26.6 Å². The van der Waals surface area contributed by atoms with Crippen LogP contribution in [0.4, 0.5) is 9.18 Å². The zero-order valence-corrected chi connectivity index (χ0v) is 11.6. The van der Waals surface area contributed by atoms with Gasteiger partial charge in [0.2, 0.25) is 0 Å². The SMILES string of the molecule is COC1CC(C(=O)O)N(C(=O)NCc2cccc(F)c2)C1. The molecule has 0 aliphatic carbocycles. The second-order valence-corrected chi connectivity index (χ2v) is 4.89. The van der Waals surface area contributed by atoms with Crippen molar-refractivity contribution in [3.05, 3.63) is 35.6 Å². The van der Waals surface area contributed by atoms with Crippen molar-refractivity contribution in [1.29, 1.82) is 0 Å². The molecule has 1 aliphatic rings. The highest BCUT2D eigenvalue weighted by Gasteiger charge is 2.39. The highest BCUT2D eigenvalue weighted by atomic mass is 19.1. The quantitative estimate of drug-likeness (QED) is 0.875. The maximum absolute atomic E-state index is 13.0. The molecule has 0 radical (unpaired) electrons. The number of rotatable bonds is 4. The Kier molecular flexibility index (Phi) is 4.74. The molecule has 2 rings (SSSR count). The molecule has 0 aromatic heterocycles. The molecule has 1 saturated heterocycles. The zero-order chi connectivity index (χ0) is 15.4. The fourth-order valence-corrected chi connectivity index (χ4v) is 2.35. The van der Waals surface area contributed by atoms with Crippen molar-refractivity contribution in [3.8, 4) is 0 Å². The molecule has 114 valence electrons. The highest BCUT2D eigenvalue weighted by Crippen LogP contribution is 2.20. The van der Waals surface area contributed by atoms with Gasteiger partial charge in [0.05, 0.1) is 6.10 Å². The smallest absolute Gasteiger partial charge is 0.326 e. The maximum Gasteiger partial charge on any atom is 0.326 e. The Bertz CT molecular complexity index is 537. The molecule has 2 atom stereocenters. The van der Waals surface area contributed by atoms with E-state index in [9.17, 15) is 14.0 Å². The third-order valence-corrected chi connectivity index (χ3v) is 3.47. The number of carboxylic acid groups (broad SMARTS) is 1. The number of hydrogen-bond donors (Lipinski definition) is 2. The molecule has 1 heterocycles. The molecule has 1 aromatic rings. The minimum Gasteiger partial charge on any atom is -0.480 e. The fourth-order valence-electron chi connectivity index (χ4n) is 2.35. The molecule has 2 N–H and O–H groups in total. The predicted octanol–water partition coefficient (Wildman–Crippen LogP) is 1.21. The molecular formula is C14H17FN2O4. The van der Waals surface area contributed by atoms with Crippen LogP contribution in [0.5, 0.6) is 0 Å². The Balaban J connectivity index is 1.97. The van der Waals surface area contributed by atoms with Gasteiger partial charge >= 0.3 is 12.0 Å². The summed E-state index contributed by atoms with van der Waals surface area (Å²) in [7, 11) is 1.48. The second-order valence-electron chi connectivity index (χ2n) is 4.89. The molecular weight excluding hydrogens is 279 g/mol. The van der Waals surface area contributed by atoms with Gasteiger partial charge in [0.25, 0.3) is 0 Å². The van der Waals surface area contributed by atoms with Gasteiger partial charge in [-0.2, -0.15) is 0 Å². The maximum atomic E-state index is 13.0. The van der Waals surface area contributed by atoms with Crippen molar-refractivity contribution in [1.82, 2.24) is 10.2 Å². The molecule has 2 amide bonds. The van der Waals surface area contributed by atoms with E-state index in [4.69, 9.17) is 9.84 Å². The average Bonchev–Trinajstić information content (AvgIpc) is 2.89. The summed E-state index contributed by atoms with van der Waals surface area (Å²) in [6.45, 7) is 0.361. The van der Waals surface area contributed by atoms with E-state index in [-0.39, 0.29) is 31.4 Å².